The Hall–Kier alpha value is -2.80. The van der Waals surface area contributed by atoms with Gasteiger partial charge in [0.1, 0.15) is 5.82 Å². The molecule has 4 rings (SSSR count). The van der Waals surface area contributed by atoms with Gasteiger partial charge in [0.15, 0.2) is 11.5 Å². The molecule has 0 spiro atoms. The molecule has 7 nitrogen and oxygen atoms in total. The summed E-state index contributed by atoms with van der Waals surface area (Å²) in [6.45, 7) is 1.11. The van der Waals surface area contributed by atoms with E-state index in [0.29, 0.717) is 53.8 Å². The van der Waals surface area contributed by atoms with E-state index in [1.54, 1.807) is 35.4 Å². The van der Waals surface area contributed by atoms with Gasteiger partial charge in [-0.05, 0) is 37.1 Å². The molecular weight excluding hydrogens is 370 g/mol. The Morgan fingerprint density at radius 3 is 2.74 bits per heavy atom. The normalized spacial score (nSPS) is 16.3. The van der Waals surface area contributed by atoms with Crippen molar-refractivity contribution in [1.82, 2.24) is 9.88 Å². The minimum Gasteiger partial charge on any atom is -0.454 e. The minimum absolute atomic E-state index is 0.0630. The maximum atomic E-state index is 12.8. The number of rotatable bonds is 3. The number of pyridine rings is 1. The number of piperidine rings is 1. The molecule has 0 aliphatic carbocycles. The van der Waals surface area contributed by atoms with E-state index in [1.165, 1.54) is 0 Å². The number of ether oxygens (including phenoxy) is 2. The number of nitrogens with one attached hydrogen (secondary N) is 1. The zero-order valence-corrected chi connectivity index (χ0v) is 15.2. The van der Waals surface area contributed by atoms with Crippen LogP contribution >= 0.6 is 11.6 Å². The van der Waals surface area contributed by atoms with E-state index in [4.69, 9.17) is 21.1 Å². The van der Waals surface area contributed by atoms with Crippen molar-refractivity contribution >= 4 is 29.2 Å². The molecule has 2 amide bonds. The Bertz CT molecular complexity index is 867. The van der Waals surface area contributed by atoms with Gasteiger partial charge in [-0.25, -0.2) is 4.98 Å². The number of amides is 2. The number of aromatic nitrogens is 1. The van der Waals surface area contributed by atoms with E-state index in [2.05, 4.69) is 10.3 Å². The predicted molar refractivity (Wildman–Crippen MR) is 99.1 cm³/mol. The van der Waals surface area contributed by atoms with E-state index in [-0.39, 0.29) is 24.5 Å². The number of benzene rings is 1. The van der Waals surface area contributed by atoms with Crippen LogP contribution < -0.4 is 14.8 Å². The molecule has 1 aromatic heterocycles. The van der Waals surface area contributed by atoms with Crippen LogP contribution in [0.4, 0.5) is 5.82 Å². The molecule has 140 valence electrons. The lowest BCUT2D eigenvalue weighted by atomic mass is 9.95. The summed E-state index contributed by atoms with van der Waals surface area (Å²) in [5.74, 6) is 1.16. The monoisotopic (exact) mass is 387 g/mol. The van der Waals surface area contributed by atoms with Crippen molar-refractivity contribution in [3.05, 3.63) is 47.1 Å². The maximum Gasteiger partial charge on any atom is 0.254 e. The fourth-order valence-electron chi connectivity index (χ4n) is 3.28. The van der Waals surface area contributed by atoms with Gasteiger partial charge in [-0.3, -0.25) is 9.59 Å². The van der Waals surface area contributed by atoms with Crippen molar-refractivity contribution in [3.8, 4) is 11.5 Å². The molecular formula is C19H18ClN3O4. The van der Waals surface area contributed by atoms with E-state index < -0.39 is 0 Å². The first-order chi connectivity index (χ1) is 13.1. The molecule has 1 fully saturated rings. The topological polar surface area (TPSA) is 80.8 Å². The lowest BCUT2D eigenvalue weighted by Gasteiger charge is -2.31. The summed E-state index contributed by atoms with van der Waals surface area (Å²) in [6, 6.07) is 8.61. The van der Waals surface area contributed by atoms with Crippen LogP contribution in [-0.4, -0.2) is 41.6 Å². The molecule has 2 aliphatic rings. The number of nitrogens with zero attached hydrogens (tertiary/aromatic N) is 2. The summed E-state index contributed by atoms with van der Waals surface area (Å²) < 4.78 is 10.6. The van der Waals surface area contributed by atoms with Crippen LogP contribution in [-0.2, 0) is 4.79 Å². The summed E-state index contributed by atoms with van der Waals surface area (Å²) >= 11 is 6.16. The van der Waals surface area contributed by atoms with E-state index in [0.717, 1.165) is 0 Å². The van der Waals surface area contributed by atoms with Crippen LogP contribution in [0.1, 0.15) is 23.2 Å². The molecule has 2 aliphatic heterocycles. The first kappa shape index (κ1) is 17.6. The zero-order valence-electron chi connectivity index (χ0n) is 14.5. The fraction of sp³-hybridized carbons (Fsp3) is 0.316. The zero-order chi connectivity index (χ0) is 18.8. The number of fused-ring (bicyclic) bond motifs is 1. The molecule has 0 unspecified atom stereocenters. The van der Waals surface area contributed by atoms with Crippen LogP contribution in [0.3, 0.4) is 0 Å². The van der Waals surface area contributed by atoms with Crippen molar-refractivity contribution in [2.45, 2.75) is 12.8 Å². The van der Waals surface area contributed by atoms with E-state index in [1.807, 2.05) is 6.07 Å². The number of carbonyl (C=O) groups is 2. The van der Waals surface area contributed by atoms with Crippen LogP contribution in [0.15, 0.2) is 36.5 Å². The number of halogens is 1. The van der Waals surface area contributed by atoms with Crippen LogP contribution in [0.25, 0.3) is 0 Å². The molecule has 0 atom stereocenters. The largest absolute Gasteiger partial charge is 0.454 e. The Labute approximate surface area is 161 Å². The van der Waals surface area contributed by atoms with E-state index in [9.17, 15) is 9.59 Å². The van der Waals surface area contributed by atoms with Gasteiger partial charge in [0.2, 0.25) is 12.7 Å². The van der Waals surface area contributed by atoms with Crippen molar-refractivity contribution in [2.24, 2.45) is 5.92 Å². The standard InChI is InChI=1S/C19H18ClN3O4/c20-14-9-13(10-15-17(14)27-11-26-15)19(25)23-7-4-12(5-8-23)18(24)22-16-3-1-2-6-21-16/h1-3,6,9-10,12H,4-5,7-8,11H2,(H,21,22,24). The third kappa shape index (κ3) is 3.68. The summed E-state index contributed by atoms with van der Waals surface area (Å²) in [4.78, 5) is 31.0. The molecule has 0 bridgehead atoms. The average Bonchev–Trinajstić information content (AvgIpc) is 3.17. The third-order valence-corrected chi connectivity index (χ3v) is 5.02. The van der Waals surface area contributed by atoms with Gasteiger partial charge in [-0.2, -0.15) is 0 Å². The lowest BCUT2D eigenvalue weighted by Crippen LogP contribution is -2.41. The van der Waals surface area contributed by atoms with Crippen molar-refractivity contribution < 1.29 is 19.1 Å². The highest BCUT2D eigenvalue weighted by molar-refractivity contribution is 6.32. The van der Waals surface area contributed by atoms with Crippen molar-refractivity contribution in [3.63, 3.8) is 0 Å². The predicted octanol–water partition coefficient (Wildman–Crippen LogP) is 2.95. The average molecular weight is 388 g/mol. The lowest BCUT2D eigenvalue weighted by molar-refractivity contribution is -0.121. The van der Waals surface area contributed by atoms with E-state index >= 15 is 0 Å². The summed E-state index contributed by atoms with van der Waals surface area (Å²) in [7, 11) is 0. The Balaban J connectivity index is 1.37. The second-order valence-electron chi connectivity index (χ2n) is 6.46. The number of hydrogen-bond donors (Lipinski definition) is 1. The van der Waals surface area contributed by atoms with Crippen LogP contribution in [0, 0.1) is 5.92 Å². The summed E-state index contributed by atoms with van der Waals surface area (Å²) in [6.07, 6.45) is 2.83. The first-order valence-corrected chi connectivity index (χ1v) is 9.10. The second-order valence-corrected chi connectivity index (χ2v) is 6.87. The van der Waals surface area contributed by atoms with Gasteiger partial charge in [-0.1, -0.05) is 17.7 Å². The number of hydrogen-bond acceptors (Lipinski definition) is 5. The van der Waals surface area contributed by atoms with Gasteiger partial charge in [0, 0.05) is 30.8 Å². The van der Waals surface area contributed by atoms with Crippen molar-refractivity contribution in [1.29, 1.82) is 0 Å². The molecule has 0 saturated carbocycles. The fourth-order valence-corrected chi connectivity index (χ4v) is 3.55. The Morgan fingerprint density at radius 2 is 2.00 bits per heavy atom. The molecule has 8 heteroatoms. The third-order valence-electron chi connectivity index (χ3n) is 4.74. The second kappa shape index (κ2) is 7.44. The van der Waals surface area contributed by atoms with Gasteiger partial charge >= 0.3 is 0 Å². The molecule has 1 saturated heterocycles. The summed E-state index contributed by atoms with van der Waals surface area (Å²) in [5.41, 5.74) is 0.459. The number of likely N-dealkylation sites (tertiary alicyclic amines) is 1. The molecule has 27 heavy (non-hydrogen) atoms. The maximum absolute atomic E-state index is 12.8. The smallest absolute Gasteiger partial charge is 0.254 e. The Morgan fingerprint density at radius 1 is 1.19 bits per heavy atom. The quantitative estimate of drug-likeness (QED) is 0.875. The number of anilines is 1. The highest BCUT2D eigenvalue weighted by Gasteiger charge is 2.29. The highest BCUT2D eigenvalue weighted by atomic mass is 35.5. The van der Waals surface area contributed by atoms with Gasteiger partial charge in [0.25, 0.3) is 5.91 Å². The van der Waals surface area contributed by atoms with Crippen LogP contribution in [0.5, 0.6) is 11.5 Å². The highest BCUT2D eigenvalue weighted by Crippen LogP contribution is 2.40. The minimum atomic E-state index is -0.142. The van der Waals surface area contributed by atoms with Gasteiger partial charge < -0.3 is 19.7 Å². The van der Waals surface area contributed by atoms with Gasteiger partial charge in [0.05, 0.1) is 5.02 Å². The molecule has 3 heterocycles. The van der Waals surface area contributed by atoms with Gasteiger partial charge in [-0.15, -0.1) is 0 Å². The molecule has 2 aromatic rings. The first-order valence-electron chi connectivity index (χ1n) is 8.72. The Kier molecular flexibility index (Phi) is 4.85. The molecule has 1 aromatic carbocycles. The number of carbonyl (C=O) groups excluding carboxylic acids is 2. The molecule has 1 N–H and O–H groups in total. The SMILES string of the molecule is O=C(Nc1ccccn1)C1CCN(C(=O)c2cc(Cl)c3c(c2)OCO3)CC1. The molecule has 0 radical (unpaired) electrons. The summed E-state index contributed by atoms with van der Waals surface area (Å²) in [5, 5.41) is 3.18. The van der Waals surface area contributed by atoms with Crippen LogP contribution in [0.2, 0.25) is 5.02 Å². The van der Waals surface area contributed by atoms with Crippen molar-refractivity contribution in [2.75, 3.05) is 25.2 Å².